The van der Waals surface area contributed by atoms with Gasteiger partial charge in [0, 0.05) is 7.11 Å². The SMILES string of the molecule is COP(=O)(OP(=O)(O)O)OP(=O)(O)O. The predicted octanol–water partition coefficient (Wildman–Crippen LogP) is -0.0405. The number of phosphoric acid groups is 3. The lowest BCUT2D eigenvalue weighted by Gasteiger charge is -2.15. The summed E-state index contributed by atoms with van der Waals surface area (Å²) in [6.07, 6.45) is 0. The number of hydrogen-bond donors (Lipinski definition) is 4. The summed E-state index contributed by atoms with van der Waals surface area (Å²) in [5, 5.41) is 0. The average molecular weight is 272 g/mol. The molecule has 10 nitrogen and oxygen atoms in total. The third-order valence-electron chi connectivity index (χ3n) is 0.636. The van der Waals surface area contributed by atoms with Crippen molar-refractivity contribution >= 4 is 23.5 Å². The smallest absolute Gasteiger partial charge is 0.302 e. The fraction of sp³-hybridized carbons (Fsp3) is 1.00. The van der Waals surface area contributed by atoms with Crippen LogP contribution in [0.15, 0.2) is 0 Å². The van der Waals surface area contributed by atoms with Crippen molar-refractivity contribution in [3.63, 3.8) is 0 Å². The Balaban J connectivity index is 4.76. The molecule has 0 aromatic rings. The third kappa shape index (κ3) is 6.80. The van der Waals surface area contributed by atoms with Gasteiger partial charge in [-0.05, 0) is 0 Å². The normalized spacial score (nSPS) is 14.4. The Morgan fingerprint density at radius 1 is 0.857 bits per heavy atom. The van der Waals surface area contributed by atoms with Gasteiger partial charge in [-0.15, -0.1) is 0 Å². The highest BCUT2D eigenvalue weighted by Gasteiger charge is 2.40. The quantitative estimate of drug-likeness (QED) is 0.499. The van der Waals surface area contributed by atoms with Gasteiger partial charge in [0.15, 0.2) is 0 Å². The van der Waals surface area contributed by atoms with Crippen LogP contribution in [0.3, 0.4) is 0 Å². The lowest BCUT2D eigenvalue weighted by atomic mass is 11.8. The van der Waals surface area contributed by atoms with Gasteiger partial charge >= 0.3 is 23.5 Å². The van der Waals surface area contributed by atoms with Crippen LogP contribution >= 0.6 is 23.5 Å². The molecule has 0 aliphatic heterocycles. The minimum absolute atomic E-state index is 0.631. The summed E-state index contributed by atoms with van der Waals surface area (Å²) < 4.78 is 42.0. The van der Waals surface area contributed by atoms with Gasteiger partial charge in [0.05, 0.1) is 0 Å². The molecule has 4 N–H and O–H groups in total. The van der Waals surface area contributed by atoms with Gasteiger partial charge in [-0.25, -0.2) is 13.7 Å². The van der Waals surface area contributed by atoms with Crippen molar-refractivity contribution in [2.24, 2.45) is 0 Å². The van der Waals surface area contributed by atoms with Crippen LogP contribution in [0.4, 0.5) is 0 Å². The van der Waals surface area contributed by atoms with Crippen molar-refractivity contribution in [3.8, 4) is 0 Å². The summed E-state index contributed by atoms with van der Waals surface area (Å²) in [6.45, 7) is 0. The van der Waals surface area contributed by atoms with Crippen LogP contribution in [-0.2, 0) is 26.8 Å². The van der Waals surface area contributed by atoms with E-state index in [1.807, 2.05) is 0 Å². The minimum atomic E-state index is -5.25. The maximum Gasteiger partial charge on any atom is 0.492 e. The predicted molar refractivity (Wildman–Crippen MR) is 40.9 cm³/mol. The number of hydrogen-bond acceptors (Lipinski definition) is 6. The van der Waals surface area contributed by atoms with Crippen molar-refractivity contribution in [1.82, 2.24) is 0 Å². The van der Waals surface area contributed by atoms with Crippen molar-refractivity contribution in [3.05, 3.63) is 0 Å². The van der Waals surface area contributed by atoms with Crippen LogP contribution in [0.2, 0.25) is 0 Å². The molecule has 0 saturated carbocycles. The van der Waals surface area contributed by atoms with Crippen molar-refractivity contribution in [1.29, 1.82) is 0 Å². The number of rotatable bonds is 5. The zero-order valence-corrected chi connectivity index (χ0v) is 9.26. The molecular formula is CH7O10P3. The molecule has 0 amide bonds. The third-order valence-corrected chi connectivity index (χ3v) is 4.39. The zero-order valence-electron chi connectivity index (χ0n) is 6.58. The molecule has 0 aromatic carbocycles. The highest BCUT2D eigenvalue weighted by atomic mass is 31.3. The fourth-order valence-electron chi connectivity index (χ4n) is 0.342. The lowest BCUT2D eigenvalue weighted by molar-refractivity contribution is 0.186. The van der Waals surface area contributed by atoms with Gasteiger partial charge < -0.3 is 19.6 Å². The minimum Gasteiger partial charge on any atom is -0.302 e. The molecule has 0 spiro atoms. The molecule has 0 atom stereocenters. The average Bonchev–Trinajstić information content (AvgIpc) is 1.78. The Kier molecular flexibility index (Phi) is 4.64. The van der Waals surface area contributed by atoms with Gasteiger partial charge in [0.25, 0.3) is 0 Å². The zero-order chi connectivity index (χ0) is 11.6. The summed E-state index contributed by atoms with van der Waals surface area (Å²) in [5.41, 5.74) is 0. The summed E-state index contributed by atoms with van der Waals surface area (Å²) in [6, 6.07) is 0. The van der Waals surface area contributed by atoms with E-state index in [0.29, 0.717) is 7.11 Å². The van der Waals surface area contributed by atoms with Crippen LogP contribution in [-0.4, -0.2) is 26.7 Å². The van der Waals surface area contributed by atoms with Gasteiger partial charge in [0.2, 0.25) is 0 Å². The molecule has 0 aliphatic carbocycles. The van der Waals surface area contributed by atoms with Crippen LogP contribution in [0.1, 0.15) is 0 Å². The molecule has 0 heterocycles. The highest BCUT2D eigenvalue weighted by Crippen LogP contribution is 2.67. The van der Waals surface area contributed by atoms with E-state index in [9.17, 15) is 13.7 Å². The maximum absolute atomic E-state index is 11.0. The van der Waals surface area contributed by atoms with Crippen LogP contribution in [0, 0.1) is 0 Å². The summed E-state index contributed by atoms with van der Waals surface area (Å²) >= 11 is 0. The second-order valence-electron chi connectivity index (χ2n) is 1.77. The molecule has 0 unspecified atom stereocenters. The topological polar surface area (TPSA) is 160 Å². The van der Waals surface area contributed by atoms with Crippen molar-refractivity contribution in [2.75, 3.05) is 7.11 Å². The van der Waals surface area contributed by atoms with Crippen LogP contribution in [0.5, 0.6) is 0 Å². The molecule has 0 radical (unpaired) electrons. The van der Waals surface area contributed by atoms with E-state index in [1.165, 1.54) is 0 Å². The van der Waals surface area contributed by atoms with Gasteiger partial charge in [-0.1, -0.05) is 0 Å². The Bertz CT molecular complexity index is 290. The largest absolute Gasteiger partial charge is 0.492 e. The standard InChI is InChI=1S/CH7O10P3/c1-9-14(8,10-12(2,3)4)11-13(5,6)7/h1H3,(H2,2,3,4)(H2,5,6,7). The first-order valence-corrected chi connectivity index (χ1v) is 7.19. The second kappa shape index (κ2) is 4.51. The maximum atomic E-state index is 11.0. The van der Waals surface area contributed by atoms with E-state index < -0.39 is 23.5 Å². The Hall–Kier alpha value is 0.410. The second-order valence-corrected chi connectivity index (χ2v) is 6.30. The Labute approximate surface area is 77.9 Å². The molecule has 0 aromatic heterocycles. The highest BCUT2D eigenvalue weighted by molar-refractivity contribution is 7.66. The summed E-state index contributed by atoms with van der Waals surface area (Å²) in [4.78, 5) is 32.7. The molecule has 0 aliphatic rings. The van der Waals surface area contributed by atoms with E-state index in [-0.39, 0.29) is 0 Å². The molecule has 0 saturated heterocycles. The molecule has 13 heteroatoms. The Morgan fingerprint density at radius 3 is 1.29 bits per heavy atom. The van der Waals surface area contributed by atoms with Gasteiger partial charge in [0.1, 0.15) is 0 Å². The Morgan fingerprint density at radius 2 is 1.14 bits per heavy atom. The van der Waals surface area contributed by atoms with Crippen LogP contribution in [0.25, 0.3) is 0 Å². The first kappa shape index (κ1) is 14.4. The molecule has 14 heavy (non-hydrogen) atoms. The fourth-order valence-corrected chi connectivity index (χ4v) is 3.35. The van der Waals surface area contributed by atoms with E-state index in [0.717, 1.165) is 0 Å². The van der Waals surface area contributed by atoms with Crippen molar-refractivity contribution < 1.29 is 46.4 Å². The van der Waals surface area contributed by atoms with Gasteiger partial charge in [-0.2, -0.15) is 8.62 Å². The molecular weight excluding hydrogens is 265 g/mol. The van der Waals surface area contributed by atoms with Crippen molar-refractivity contribution in [2.45, 2.75) is 0 Å². The first-order chi connectivity index (χ1) is 5.97. The van der Waals surface area contributed by atoms with E-state index >= 15 is 0 Å². The monoisotopic (exact) mass is 272 g/mol. The van der Waals surface area contributed by atoms with E-state index in [2.05, 4.69) is 13.1 Å². The summed E-state index contributed by atoms with van der Waals surface area (Å²) in [5.74, 6) is 0. The van der Waals surface area contributed by atoms with Crippen LogP contribution < -0.4 is 0 Å². The molecule has 0 rings (SSSR count). The summed E-state index contributed by atoms with van der Waals surface area (Å²) in [7, 11) is -14.8. The lowest BCUT2D eigenvalue weighted by Crippen LogP contribution is -1.95. The molecule has 0 fully saturated rings. The van der Waals surface area contributed by atoms with Gasteiger partial charge in [-0.3, -0.25) is 4.52 Å². The van der Waals surface area contributed by atoms with E-state index in [1.54, 1.807) is 0 Å². The molecule has 0 bridgehead atoms. The molecule has 86 valence electrons. The van der Waals surface area contributed by atoms with E-state index in [4.69, 9.17) is 19.6 Å². The first-order valence-electron chi connectivity index (χ1n) is 2.67.